The fourth-order valence-corrected chi connectivity index (χ4v) is 4.70. The molecule has 4 rings (SSSR count). The van der Waals surface area contributed by atoms with Gasteiger partial charge in [0.1, 0.15) is 11.3 Å². The van der Waals surface area contributed by atoms with Gasteiger partial charge in [0.25, 0.3) is 5.91 Å². The topological polar surface area (TPSA) is 40.8 Å². The molecule has 2 aromatic rings. The zero-order valence-electron chi connectivity index (χ0n) is 14.9. The first-order chi connectivity index (χ1) is 12.1. The van der Waals surface area contributed by atoms with Crippen molar-refractivity contribution in [3.8, 4) is 0 Å². The number of amides is 1. The van der Waals surface area contributed by atoms with E-state index in [0.29, 0.717) is 5.69 Å². The Morgan fingerprint density at radius 1 is 1.32 bits per heavy atom. The van der Waals surface area contributed by atoms with E-state index < -0.39 is 0 Å². The quantitative estimate of drug-likeness (QED) is 0.808. The van der Waals surface area contributed by atoms with Crippen LogP contribution < -0.4 is 0 Å². The minimum Gasteiger partial charge on any atom is -0.335 e. The van der Waals surface area contributed by atoms with Crippen molar-refractivity contribution in [2.24, 2.45) is 0 Å². The Labute approximate surface area is 148 Å². The van der Waals surface area contributed by atoms with E-state index in [0.717, 1.165) is 43.9 Å². The lowest BCUT2D eigenvalue weighted by Crippen LogP contribution is -2.57. The summed E-state index contributed by atoms with van der Waals surface area (Å²) >= 11 is 0. The lowest BCUT2D eigenvalue weighted by atomic mass is 9.86. The van der Waals surface area contributed by atoms with Crippen LogP contribution in [0.1, 0.15) is 41.9 Å². The van der Waals surface area contributed by atoms with Gasteiger partial charge in [0, 0.05) is 31.4 Å². The number of aryl methyl sites for hydroxylation is 1. The standard InChI is InChI=1S/C20H26N4O/c1-3-11-23-13-7-10-20(23)9-6-12-22(15-20)19(25)18-16(2)21-17-8-4-5-14-24(17)18/h3-5,8,14H,1,6-7,9-13,15H2,2H3. The number of fused-ring (bicyclic) bond motifs is 1. The highest BCUT2D eigenvalue weighted by Crippen LogP contribution is 2.37. The van der Waals surface area contributed by atoms with Crippen LogP contribution >= 0.6 is 0 Å². The molecule has 4 heterocycles. The summed E-state index contributed by atoms with van der Waals surface area (Å²) in [5.41, 5.74) is 2.49. The fourth-order valence-electron chi connectivity index (χ4n) is 4.70. The maximum atomic E-state index is 13.3. The molecular formula is C20H26N4O. The number of carbonyl (C=O) groups is 1. The number of hydrogen-bond donors (Lipinski definition) is 0. The predicted octanol–water partition coefficient (Wildman–Crippen LogP) is 2.90. The smallest absolute Gasteiger partial charge is 0.272 e. The van der Waals surface area contributed by atoms with Gasteiger partial charge in [0.15, 0.2) is 0 Å². The van der Waals surface area contributed by atoms with Crippen molar-refractivity contribution in [1.29, 1.82) is 0 Å². The summed E-state index contributed by atoms with van der Waals surface area (Å²) in [6.45, 7) is 9.52. The van der Waals surface area contributed by atoms with E-state index in [-0.39, 0.29) is 11.4 Å². The second kappa shape index (κ2) is 6.30. The number of pyridine rings is 1. The van der Waals surface area contributed by atoms with Crippen LogP contribution in [0.5, 0.6) is 0 Å². The van der Waals surface area contributed by atoms with Gasteiger partial charge in [-0.2, -0.15) is 0 Å². The minimum atomic E-state index is 0.112. The van der Waals surface area contributed by atoms with Crippen molar-refractivity contribution in [2.45, 2.75) is 38.1 Å². The van der Waals surface area contributed by atoms with Crippen LogP contribution in [0, 0.1) is 6.92 Å². The summed E-state index contributed by atoms with van der Waals surface area (Å²) in [5, 5.41) is 0. The van der Waals surface area contributed by atoms with Gasteiger partial charge >= 0.3 is 0 Å². The van der Waals surface area contributed by atoms with Crippen LogP contribution in [-0.2, 0) is 0 Å². The Morgan fingerprint density at radius 2 is 2.12 bits per heavy atom. The number of nitrogens with zero attached hydrogens (tertiary/aromatic N) is 4. The largest absolute Gasteiger partial charge is 0.335 e. The third kappa shape index (κ3) is 2.67. The molecule has 1 atom stereocenters. The molecule has 1 spiro atoms. The Morgan fingerprint density at radius 3 is 2.92 bits per heavy atom. The summed E-state index contributed by atoms with van der Waals surface area (Å²) in [6.07, 6.45) is 8.55. The van der Waals surface area contributed by atoms with Crippen LogP contribution in [0.3, 0.4) is 0 Å². The van der Waals surface area contributed by atoms with Gasteiger partial charge in [-0.15, -0.1) is 6.58 Å². The van der Waals surface area contributed by atoms with Gasteiger partial charge in [-0.3, -0.25) is 14.1 Å². The molecule has 2 aliphatic heterocycles. The van der Waals surface area contributed by atoms with E-state index in [1.54, 1.807) is 0 Å². The van der Waals surface area contributed by atoms with Gasteiger partial charge in [0.05, 0.1) is 5.69 Å². The molecule has 25 heavy (non-hydrogen) atoms. The van der Waals surface area contributed by atoms with Crippen molar-refractivity contribution in [2.75, 3.05) is 26.2 Å². The van der Waals surface area contributed by atoms with E-state index in [9.17, 15) is 4.79 Å². The molecule has 1 amide bonds. The molecule has 132 valence electrons. The van der Waals surface area contributed by atoms with Gasteiger partial charge in [-0.1, -0.05) is 12.1 Å². The second-order valence-electron chi connectivity index (χ2n) is 7.37. The minimum absolute atomic E-state index is 0.112. The molecule has 0 bridgehead atoms. The number of hydrogen-bond acceptors (Lipinski definition) is 3. The average Bonchev–Trinajstić information content (AvgIpc) is 3.15. The summed E-state index contributed by atoms with van der Waals surface area (Å²) in [5.74, 6) is 0.112. The van der Waals surface area contributed by atoms with Gasteiger partial charge in [0.2, 0.25) is 0 Å². The Balaban J connectivity index is 1.64. The number of carbonyl (C=O) groups excluding carboxylic acids is 1. The zero-order chi connectivity index (χ0) is 17.4. The van der Waals surface area contributed by atoms with Crippen molar-refractivity contribution < 1.29 is 4.79 Å². The normalized spacial score (nSPS) is 24.3. The van der Waals surface area contributed by atoms with E-state index in [1.165, 1.54) is 19.3 Å². The molecule has 0 radical (unpaired) electrons. The molecule has 1 unspecified atom stereocenters. The third-order valence-electron chi connectivity index (χ3n) is 5.84. The van der Waals surface area contributed by atoms with Crippen molar-refractivity contribution >= 4 is 11.6 Å². The highest BCUT2D eigenvalue weighted by molar-refractivity contribution is 5.94. The molecule has 5 heteroatoms. The monoisotopic (exact) mass is 338 g/mol. The SMILES string of the molecule is C=CCN1CCCC12CCCN(C(=O)c1c(C)nc3ccccn13)C2. The molecule has 0 aliphatic carbocycles. The molecular weight excluding hydrogens is 312 g/mol. The maximum absolute atomic E-state index is 13.3. The predicted molar refractivity (Wildman–Crippen MR) is 98.8 cm³/mol. The molecule has 5 nitrogen and oxygen atoms in total. The van der Waals surface area contributed by atoms with E-state index in [1.807, 2.05) is 46.7 Å². The van der Waals surface area contributed by atoms with Crippen LogP contribution in [0.2, 0.25) is 0 Å². The Hall–Kier alpha value is -2.14. The van der Waals surface area contributed by atoms with E-state index in [2.05, 4.69) is 16.5 Å². The average molecular weight is 338 g/mol. The van der Waals surface area contributed by atoms with E-state index in [4.69, 9.17) is 0 Å². The highest BCUT2D eigenvalue weighted by atomic mass is 16.2. The molecule has 0 saturated carbocycles. The summed E-state index contributed by atoms with van der Waals surface area (Å²) in [4.78, 5) is 22.5. The van der Waals surface area contributed by atoms with Crippen molar-refractivity contribution in [3.63, 3.8) is 0 Å². The van der Waals surface area contributed by atoms with Gasteiger partial charge < -0.3 is 4.90 Å². The lowest BCUT2D eigenvalue weighted by molar-refractivity contribution is 0.0361. The fraction of sp³-hybridized carbons (Fsp3) is 0.500. The third-order valence-corrected chi connectivity index (χ3v) is 5.84. The van der Waals surface area contributed by atoms with Crippen molar-refractivity contribution in [1.82, 2.24) is 19.2 Å². The van der Waals surface area contributed by atoms with E-state index >= 15 is 0 Å². The van der Waals surface area contributed by atoms with Crippen LogP contribution in [0.4, 0.5) is 0 Å². The summed E-state index contributed by atoms with van der Waals surface area (Å²) in [7, 11) is 0. The first kappa shape index (κ1) is 16.3. The summed E-state index contributed by atoms with van der Waals surface area (Å²) in [6, 6.07) is 5.85. The summed E-state index contributed by atoms with van der Waals surface area (Å²) < 4.78 is 1.93. The second-order valence-corrected chi connectivity index (χ2v) is 7.37. The van der Waals surface area contributed by atoms with Gasteiger partial charge in [-0.25, -0.2) is 4.98 Å². The first-order valence-corrected chi connectivity index (χ1v) is 9.23. The van der Waals surface area contributed by atoms with Crippen LogP contribution in [0.25, 0.3) is 5.65 Å². The number of aromatic nitrogens is 2. The Bertz CT molecular complexity index is 811. The molecule has 2 saturated heterocycles. The molecule has 2 fully saturated rings. The Kier molecular flexibility index (Phi) is 4.12. The number of rotatable bonds is 3. The number of imidazole rings is 1. The van der Waals surface area contributed by atoms with Crippen LogP contribution in [0.15, 0.2) is 37.1 Å². The highest BCUT2D eigenvalue weighted by Gasteiger charge is 2.44. The first-order valence-electron chi connectivity index (χ1n) is 9.23. The van der Waals surface area contributed by atoms with Gasteiger partial charge in [-0.05, 0) is 51.3 Å². The molecule has 0 N–H and O–H groups in total. The molecule has 0 aromatic carbocycles. The van der Waals surface area contributed by atoms with Crippen LogP contribution in [-0.4, -0.2) is 56.8 Å². The zero-order valence-corrected chi connectivity index (χ0v) is 14.9. The molecule has 2 aliphatic rings. The number of piperidine rings is 1. The molecule has 2 aromatic heterocycles. The number of likely N-dealkylation sites (tertiary alicyclic amines) is 2. The lowest BCUT2D eigenvalue weighted by Gasteiger charge is -2.45. The maximum Gasteiger partial charge on any atom is 0.272 e. The van der Waals surface area contributed by atoms with Crippen molar-refractivity contribution in [3.05, 3.63) is 48.4 Å².